The Morgan fingerprint density at radius 1 is 1.43 bits per heavy atom. The maximum atomic E-state index is 5.98. The van der Waals surface area contributed by atoms with E-state index < -0.39 is 0 Å². The van der Waals surface area contributed by atoms with Crippen LogP contribution in [0.15, 0.2) is 22.9 Å². The van der Waals surface area contributed by atoms with Crippen molar-refractivity contribution in [2.75, 3.05) is 7.05 Å². The van der Waals surface area contributed by atoms with Gasteiger partial charge in [-0.05, 0) is 38.4 Å². The van der Waals surface area contributed by atoms with Gasteiger partial charge in [0.2, 0.25) is 0 Å². The lowest BCUT2D eigenvalue weighted by molar-refractivity contribution is 0.282. The summed E-state index contributed by atoms with van der Waals surface area (Å²) < 4.78 is 7.82. The highest BCUT2D eigenvalue weighted by Crippen LogP contribution is 2.21. The summed E-state index contributed by atoms with van der Waals surface area (Å²) in [6.07, 6.45) is 6.57. The predicted molar refractivity (Wildman–Crippen MR) is 81.7 cm³/mol. The molecule has 0 amide bonds. The molecule has 1 aliphatic rings. The molecule has 5 heteroatoms. The van der Waals surface area contributed by atoms with Crippen LogP contribution in [0.1, 0.15) is 35.5 Å². The molecule has 1 fully saturated rings. The fourth-order valence-corrected chi connectivity index (χ4v) is 2.56. The summed E-state index contributed by atoms with van der Waals surface area (Å²) in [4.78, 5) is 2.24. The highest BCUT2D eigenvalue weighted by Gasteiger charge is 2.21. The molecule has 0 saturated heterocycles. The third-order valence-electron chi connectivity index (χ3n) is 3.84. The van der Waals surface area contributed by atoms with E-state index in [0.29, 0.717) is 6.04 Å². The normalized spacial score (nSPS) is 15.0. The Hall–Kier alpha value is -1.59. The molecule has 0 atom stereocenters. The van der Waals surface area contributed by atoms with E-state index in [4.69, 9.17) is 4.42 Å². The molecule has 5 nitrogen and oxygen atoms in total. The lowest BCUT2D eigenvalue weighted by Crippen LogP contribution is -2.16. The third-order valence-corrected chi connectivity index (χ3v) is 3.84. The van der Waals surface area contributed by atoms with Gasteiger partial charge in [-0.1, -0.05) is 0 Å². The maximum Gasteiger partial charge on any atom is 0.120 e. The quantitative estimate of drug-likeness (QED) is 0.848. The molecule has 1 saturated carbocycles. The highest BCUT2D eigenvalue weighted by atomic mass is 16.3. The molecule has 3 rings (SSSR count). The summed E-state index contributed by atoms with van der Waals surface area (Å²) in [7, 11) is 4.05. The lowest BCUT2D eigenvalue weighted by atomic mass is 10.2. The van der Waals surface area contributed by atoms with E-state index in [1.807, 2.05) is 17.9 Å². The van der Waals surface area contributed by atoms with Crippen LogP contribution in [0.2, 0.25) is 0 Å². The minimum atomic E-state index is 0.714. The van der Waals surface area contributed by atoms with E-state index in [0.717, 1.165) is 31.2 Å². The molecule has 114 valence electrons. The zero-order valence-electron chi connectivity index (χ0n) is 13.1. The summed E-state index contributed by atoms with van der Waals surface area (Å²) in [5.41, 5.74) is 2.46. The second-order valence-corrected chi connectivity index (χ2v) is 6.17. The number of hydrogen-bond acceptors (Lipinski definition) is 4. The minimum Gasteiger partial charge on any atom is -0.463 e. The van der Waals surface area contributed by atoms with Gasteiger partial charge in [0.15, 0.2) is 0 Å². The molecule has 0 aromatic carbocycles. The van der Waals surface area contributed by atoms with Gasteiger partial charge in [0.05, 0.1) is 19.3 Å². The largest absolute Gasteiger partial charge is 0.463 e. The van der Waals surface area contributed by atoms with E-state index in [2.05, 4.69) is 41.5 Å². The number of aryl methyl sites for hydroxylation is 2. The smallest absolute Gasteiger partial charge is 0.120 e. The van der Waals surface area contributed by atoms with Gasteiger partial charge >= 0.3 is 0 Å². The monoisotopic (exact) mass is 288 g/mol. The van der Waals surface area contributed by atoms with Crippen molar-refractivity contribution in [1.29, 1.82) is 0 Å². The van der Waals surface area contributed by atoms with Crippen molar-refractivity contribution in [2.45, 2.75) is 45.4 Å². The zero-order chi connectivity index (χ0) is 14.8. The molecule has 2 aromatic heterocycles. The molecule has 0 spiro atoms. The molecular weight excluding hydrogens is 264 g/mol. The Labute approximate surface area is 125 Å². The predicted octanol–water partition coefficient (Wildman–Crippen LogP) is 2.21. The first-order valence-corrected chi connectivity index (χ1v) is 7.58. The van der Waals surface area contributed by atoms with Gasteiger partial charge in [-0.25, -0.2) is 0 Å². The Bertz CT molecular complexity index is 597. The van der Waals surface area contributed by atoms with Crippen LogP contribution in [0.5, 0.6) is 0 Å². The number of aromatic nitrogens is 2. The first kappa shape index (κ1) is 14.4. The van der Waals surface area contributed by atoms with Crippen LogP contribution < -0.4 is 5.32 Å². The lowest BCUT2D eigenvalue weighted by Gasteiger charge is -2.13. The SMILES string of the molecule is Cc1cc(CN(C)Cc2cnn(C)c2)oc1CNC1CC1. The second kappa shape index (κ2) is 6.03. The standard InChI is InChI=1S/C16H24N4O/c1-12-6-15(21-16(12)8-17-14-4-5-14)11-19(2)9-13-7-18-20(3)10-13/h6-7,10,14,17H,4-5,8-9,11H2,1-3H3. The minimum absolute atomic E-state index is 0.714. The Kier molecular flexibility index (Phi) is 4.12. The van der Waals surface area contributed by atoms with Crippen molar-refractivity contribution in [3.05, 3.63) is 41.1 Å². The van der Waals surface area contributed by atoms with Gasteiger partial charge < -0.3 is 9.73 Å². The number of nitrogens with zero attached hydrogens (tertiary/aromatic N) is 3. The zero-order valence-corrected chi connectivity index (χ0v) is 13.1. The molecular formula is C16H24N4O. The van der Waals surface area contributed by atoms with E-state index in [1.54, 1.807) is 0 Å². The average Bonchev–Trinajstić information content (AvgIpc) is 3.07. The van der Waals surface area contributed by atoms with Crippen LogP contribution in [0.25, 0.3) is 0 Å². The second-order valence-electron chi connectivity index (χ2n) is 6.17. The van der Waals surface area contributed by atoms with E-state index >= 15 is 0 Å². The molecule has 0 aliphatic heterocycles. The fourth-order valence-electron chi connectivity index (χ4n) is 2.56. The molecule has 0 radical (unpaired) electrons. The Balaban J connectivity index is 1.54. The molecule has 2 aromatic rings. The molecule has 0 unspecified atom stereocenters. The van der Waals surface area contributed by atoms with Crippen molar-refractivity contribution in [1.82, 2.24) is 20.0 Å². The van der Waals surface area contributed by atoms with Crippen LogP contribution in [-0.4, -0.2) is 27.8 Å². The molecule has 0 bridgehead atoms. The first-order valence-electron chi connectivity index (χ1n) is 7.58. The van der Waals surface area contributed by atoms with Crippen LogP contribution in [0, 0.1) is 6.92 Å². The van der Waals surface area contributed by atoms with Crippen molar-refractivity contribution in [3.63, 3.8) is 0 Å². The first-order chi connectivity index (χ1) is 10.1. The van der Waals surface area contributed by atoms with Crippen LogP contribution >= 0.6 is 0 Å². The van der Waals surface area contributed by atoms with Gasteiger partial charge in [-0.3, -0.25) is 9.58 Å². The van der Waals surface area contributed by atoms with Gasteiger partial charge in [-0.15, -0.1) is 0 Å². The topological polar surface area (TPSA) is 46.2 Å². The van der Waals surface area contributed by atoms with Gasteiger partial charge in [-0.2, -0.15) is 5.10 Å². The van der Waals surface area contributed by atoms with Crippen LogP contribution in [0.3, 0.4) is 0 Å². The van der Waals surface area contributed by atoms with Crippen molar-refractivity contribution >= 4 is 0 Å². The Morgan fingerprint density at radius 2 is 2.24 bits per heavy atom. The van der Waals surface area contributed by atoms with Crippen LogP contribution in [0.4, 0.5) is 0 Å². The van der Waals surface area contributed by atoms with Gasteiger partial charge in [0.1, 0.15) is 11.5 Å². The number of nitrogens with one attached hydrogen (secondary N) is 1. The van der Waals surface area contributed by atoms with E-state index in [1.165, 1.54) is 24.0 Å². The van der Waals surface area contributed by atoms with E-state index in [-0.39, 0.29) is 0 Å². The number of hydrogen-bond donors (Lipinski definition) is 1. The van der Waals surface area contributed by atoms with Crippen LogP contribution in [-0.2, 0) is 26.7 Å². The van der Waals surface area contributed by atoms with Gasteiger partial charge in [0, 0.05) is 31.4 Å². The molecule has 1 aliphatic carbocycles. The summed E-state index contributed by atoms with van der Waals surface area (Å²) in [5.74, 6) is 2.11. The Morgan fingerprint density at radius 3 is 2.90 bits per heavy atom. The van der Waals surface area contributed by atoms with Crippen molar-refractivity contribution < 1.29 is 4.42 Å². The fraction of sp³-hybridized carbons (Fsp3) is 0.562. The average molecular weight is 288 g/mol. The third kappa shape index (κ3) is 3.95. The maximum absolute atomic E-state index is 5.98. The highest BCUT2D eigenvalue weighted by molar-refractivity contribution is 5.20. The number of furan rings is 1. The summed E-state index contributed by atoms with van der Waals surface area (Å²) in [6.45, 7) is 4.67. The molecule has 1 N–H and O–H groups in total. The number of rotatable bonds is 7. The summed E-state index contributed by atoms with van der Waals surface area (Å²) in [5, 5.41) is 7.70. The van der Waals surface area contributed by atoms with Gasteiger partial charge in [0.25, 0.3) is 0 Å². The molecule has 21 heavy (non-hydrogen) atoms. The molecule has 2 heterocycles. The van der Waals surface area contributed by atoms with E-state index in [9.17, 15) is 0 Å². The summed E-state index contributed by atoms with van der Waals surface area (Å²) in [6, 6.07) is 2.87. The van der Waals surface area contributed by atoms with Crippen molar-refractivity contribution in [2.24, 2.45) is 7.05 Å². The van der Waals surface area contributed by atoms with Crippen molar-refractivity contribution in [3.8, 4) is 0 Å². The summed E-state index contributed by atoms with van der Waals surface area (Å²) >= 11 is 0.